The van der Waals surface area contributed by atoms with Crippen LogP contribution in [0.1, 0.15) is 38.7 Å². The molecule has 2 fully saturated rings. The summed E-state index contributed by atoms with van der Waals surface area (Å²) in [4.78, 5) is 15.1. The minimum Gasteiger partial charge on any atom is -0.342 e. The molecule has 1 spiro atoms. The van der Waals surface area contributed by atoms with Crippen molar-refractivity contribution < 1.29 is 4.79 Å². The first-order valence-corrected chi connectivity index (χ1v) is 8.98. The molecule has 0 aromatic heterocycles. The third kappa shape index (κ3) is 2.95. The summed E-state index contributed by atoms with van der Waals surface area (Å²) in [5.41, 5.74) is 1.06. The number of rotatable bonds is 2. The Morgan fingerprint density at radius 1 is 1.27 bits per heavy atom. The average molecular weight is 365 g/mol. The quantitative estimate of drug-likeness (QED) is 0.872. The molecule has 0 atom stereocenters. The molecule has 1 N–H and O–H groups in total. The van der Waals surface area contributed by atoms with Gasteiger partial charge in [0.25, 0.3) is 0 Å². The molecule has 1 amide bonds. The van der Waals surface area contributed by atoms with E-state index in [1.54, 1.807) is 0 Å². The van der Waals surface area contributed by atoms with Crippen LogP contribution in [0.15, 0.2) is 28.7 Å². The zero-order valence-electron chi connectivity index (χ0n) is 13.5. The van der Waals surface area contributed by atoms with Gasteiger partial charge in [-0.15, -0.1) is 0 Å². The zero-order chi connectivity index (χ0) is 15.8. The van der Waals surface area contributed by atoms with E-state index in [0.29, 0.717) is 5.41 Å². The fourth-order valence-corrected chi connectivity index (χ4v) is 4.20. The predicted molar refractivity (Wildman–Crippen MR) is 92.9 cm³/mol. The number of nitrogens with one attached hydrogen (secondary N) is 1. The SMILES string of the molecule is CC(C)(C(=O)N1CCC2(CCNC2)CC1)c1cccc(Br)c1. The highest BCUT2D eigenvalue weighted by Crippen LogP contribution is 2.38. The molecule has 22 heavy (non-hydrogen) atoms. The Morgan fingerprint density at radius 2 is 2.00 bits per heavy atom. The van der Waals surface area contributed by atoms with Gasteiger partial charge in [-0.3, -0.25) is 4.79 Å². The van der Waals surface area contributed by atoms with Gasteiger partial charge in [-0.2, -0.15) is 0 Å². The molecule has 120 valence electrons. The number of amides is 1. The van der Waals surface area contributed by atoms with Crippen molar-refractivity contribution in [3.8, 4) is 0 Å². The number of likely N-dealkylation sites (tertiary alicyclic amines) is 1. The molecule has 1 aromatic rings. The van der Waals surface area contributed by atoms with Gasteiger partial charge in [0.05, 0.1) is 5.41 Å². The number of piperidine rings is 1. The van der Waals surface area contributed by atoms with Gasteiger partial charge in [-0.1, -0.05) is 28.1 Å². The average Bonchev–Trinajstić information content (AvgIpc) is 2.95. The van der Waals surface area contributed by atoms with Crippen molar-refractivity contribution in [3.05, 3.63) is 34.3 Å². The van der Waals surface area contributed by atoms with Crippen LogP contribution in [0.4, 0.5) is 0 Å². The summed E-state index contributed by atoms with van der Waals surface area (Å²) in [6, 6.07) is 8.12. The summed E-state index contributed by atoms with van der Waals surface area (Å²) in [6.07, 6.45) is 3.55. The van der Waals surface area contributed by atoms with Gasteiger partial charge in [0.1, 0.15) is 0 Å². The van der Waals surface area contributed by atoms with Crippen LogP contribution in [0.5, 0.6) is 0 Å². The molecular formula is C18H25BrN2O. The Hall–Kier alpha value is -0.870. The number of halogens is 1. The highest BCUT2D eigenvalue weighted by Gasteiger charge is 2.41. The molecule has 0 aliphatic carbocycles. The lowest BCUT2D eigenvalue weighted by Crippen LogP contribution is -2.49. The van der Waals surface area contributed by atoms with Gasteiger partial charge in [-0.05, 0) is 62.8 Å². The molecule has 0 unspecified atom stereocenters. The fraction of sp³-hybridized carbons (Fsp3) is 0.611. The predicted octanol–water partition coefficient (Wildman–Crippen LogP) is 3.33. The maximum absolute atomic E-state index is 13.0. The second-order valence-electron chi connectivity index (χ2n) is 7.35. The molecule has 4 heteroatoms. The third-order valence-corrected chi connectivity index (χ3v) is 6.02. The van der Waals surface area contributed by atoms with Gasteiger partial charge in [0.15, 0.2) is 0 Å². The highest BCUT2D eigenvalue weighted by molar-refractivity contribution is 9.10. The lowest BCUT2D eigenvalue weighted by Gasteiger charge is -2.41. The molecule has 2 saturated heterocycles. The highest BCUT2D eigenvalue weighted by atomic mass is 79.9. The first-order chi connectivity index (χ1) is 10.4. The van der Waals surface area contributed by atoms with Crippen molar-refractivity contribution in [1.29, 1.82) is 0 Å². The Kier molecular flexibility index (Phi) is 4.34. The van der Waals surface area contributed by atoms with Crippen LogP contribution in [0.3, 0.4) is 0 Å². The molecule has 0 bridgehead atoms. The first-order valence-electron chi connectivity index (χ1n) is 8.19. The van der Waals surface area contributed by atoms with E-state index in [1.165, 1.54) is 6.42 Å². The van der Waals surface area contributed by atoms with Gasteiger partial charge >= 0.3 is 0 Å². The van der Waals surface area contributed by atoms with E-state index in [-0.39, 0.29) is 5.91 Å². The molecule has 0 radical (unpaired) electrons. The summed E-state index contributed by atoms with van der Waals surface area (Å²) >= 11 is 3.51. The summed E-state index contributed by atoms with van der Waals surface area (Å²) in [5.74, 6) is 0.256. The van der Waals surface area contributed by atoms with Crippen molar-refractivity contribution >= 4 is 21.8 Å². The fourth-order valence-electron chi connectivity index (χ4n) is 3.80. The van der Waals surface area contributed by atoms with Crippen LogP contribution in [0.2, 0.25) is 0 Å². The van der Waals surface area contributed by atoms with Crippen LogP contribution >= 0.6 is 15.9 Å². The minimum absolute atomic E-state index is 0.256. The summed E-state index contributed by atoms with van der Waals surface area (Å²) in [5, 5.41) is 3.48. The molecule has 3 nitrogen and oxygen atoms in total. The molecule has 2 heterocycles. The molecule has 2 aliphatic rings. The molecule has 1 aromatic carbocycles. The standard InChI is InChI=1S/C18H25BrN2O/c1-17(2,14-4-3-5-15(19)12-14)16(22)21-10-7-18(8-11-21)6-9-20-13-18/h3-5,12,20H,6-11,13H2,1-2H3. The van der Waals surface area contributed by atoms with E-state index in [1.807, 2.05) is 26.0 Å². The van der Waals surface area contributed by atoms with E-state index < -0.39 is 5.41 Å². The van der Waals surface area contributed by atoms with Crippen LogP contribution in [0, 0.1) is 5.41 Å². The monoisotopic (exact) mass is 364 g/mol. The maximum Gasteiger partial charge on any atom is 0.232 e. The normalized spacial score (nSPS) is 21.3. The van der Waals surface area contributed by atoms with Gasteiger partial charge in [0.2, 0.25) is 5.91 Å². The van der Waals surface area contributed by atoms with Crippen molar-refractivity contribution in [2.24, 2.45) is 5.41 Å². The van der Waals surface area contributed by atoms with Crippen molar-refractivity contribution in [2.75, 3.05) is 26.2 Å². The third-order valence-electron chi connectivity index (χ3n) is 5.52. The Morgan fingerprint density at radius 3 is 2.59 bits per heavy atom. The Labute approximate surface area is 141 Å². The van der Waals surface area contributed by atoms with Crippen LogP contribution < -0.4 is 5.32 Å². The lowest BCUT2D eigenvalue weighted by molar-refractivity contribution is -0.138. The molecule has 0 saturated carbocycles. The number of hydrogen-bond acceptors (Lipinski definition) is 2. The molecular weight excluding hydrogens is 340 g/mol. The van der Waals surface area contributed by atoms with E-state index >= 15 is 0 Å². The van der Waals surface area contributed by atoms with Crippen LogP contribution in [-0.4, -0.2) is 37.0 Å². The maximum atomic E-state index is 13.0. The summed E-state index contributed by atoms with van der Waals surface area (Å²) in [7, 11) is 0. The van der Waals surface area contributed by atoms with Gasteiger partial charge in [0, 0.05) is 24.1 Å². The second-order valence-corrected chi connectivity index (χ2v) is 8.27. The molecule has 2 aliphatic heterocycles. The largest absolute Gasteiger partial charge is 0.342 e. The Bertz CT molecular complexity index is 554. The minimum atomic E-state index is -0.470. The molecule has 3 rings (SSSR count). The van der Waals surface area contributed by atoms with Crippen molar-refractivity contribution in [2.45, 2.75) is 38.5 Å². The van der Waals surface area contributed by atoms with Crippen molar-refractivity contribution in [3.63, 3.8) is 0 Å². The van der Waals surface area contributed by atoms with E-state index in [9.17, 15) is 4.79 Å². The van der Waals surface area contributed by atoms with E-state index in [4.69, 9.17) is 0 Å². The van der Waals surface area contributed by atoms with Crippen LogP contribution in [0.25, 0.3) is 0 Å². The van der Waals surface area contributed by atoms with Gasteiger partial charge < -0.3 is 10.2 Å². The number of nitrogens with zero attached hydrogens (tertiary/aromatic N) is 1. The second kappa shape index (κ2) is 5.97. The zero-order valence-corrected chi connectivity index (χ0v) is 15.1. The number of hydrogen-bond donors (Lipinski definition) is 1. The summed E-state index contributed by atoms with van der Waals surface area (Å²) < 4.78 is 1.03. The van der Waals surface area contributed by atoms with E-state index in [2.05, 4.69) is 38.3 Å². The summed E-state index contributed by atoms with van der Waals surface area (Å²) in [6.45, 7) is 8.15. The first kappa shape index (κ1) is 16.0. The van der Waals surface area contributed by atoms with E-state index in [0.717, 1.165) is 49.1 Å². The number of benzene rings is 1. The number of carbonyl (C=O) groups is 1. The van der Waals surface area contributed by atoms with Crippen LogP contribution in [-0.2, 0) is 10.2 Å². The Balaban J connectivity index is 1.71. The number of carbonyl (C=O) groups excluding carboxylic acids is 1. The smallest absolute Gasteiger partial charge is 0.232 e. The van der Waals surface area contributed by atoms with Crippen molar-refractivity contribution in [1.82, 2.24) is 10.2 Å². The van der Waals surface area contributed by atoms with Gasteiger partial charge in [-0.25, -0.2) is 0 Å². The lowest BCUT2D eigenvalue weighted by atomic mass is 9.76. The topological polar surface area (TPSA) is 32.3 Å².